The maximum Gasteiger partial charge on any atom is 0.269 e. The van der Waals surface area contributed by atoms with E-state index in [1.165, 1.54) is 0 Å². The van der Waals surface area contributed by atoms with Gasteiger partial charge in [-0.05, 0) is 29.8 Å². The third kappa shape index (κ3) is 2.58. The molecule has 2 heterocycles. The highest BCUT2D eigenvalue weighted by Crippen LogP contribution is 2.15. The van der Waals surface area contributed by atoms with Crippen molar-refractivity contribution in [1.29, 1.82) is 0 Å². The Labute approximate surface area is 125 Å². The first-order valence-corrected chi connectivity index (χ1v) is 6.65. The number of benzene rings is 1. The van der Waals surface area contributed by atoms with Crippen molar-refractivity contribution in [3.05, 3.63) is 64.6 Å². The fourth-order valence-corrected chi connectivity index (χ4v) is 2.25. The Balaban J connectivity index is 2.01. The number of carbonyl (C=O) groups is 1. The average molecular weight is 302 g/mol. The first-order chi connectivity index (χ1) is 10.2. The Hall–Kier alpha value is -2.44. The molecule has 106 valence electrons. The number of carbonyl (C=O) groups excluding carboxylic acids is 1. The van der Waals surface area contributed by atoms with Crippen LogP contribution in [0.3, 0.4) is 0 Å². The van der Waals surface area contributed by atoms with E-state index in [2.05, 4.69) is 15.6 Å². The van der Waals surface area contributed by atoms with Gasteiger partial charge in [-0.2, -0.15) is 0 Å². The van der Waals surface area contributed by atoms with E-state index in [1.807, 2.05) is 30.5 Å². The summed E-state index contributed by atoms with van der Waals surface area (Å²) in [4.78, 5) is 11.7. The van der Waals surface area contributed by atoms with Crippen LogP contribution in [0.1, 0.15) is 21.7 Å². The van der Waals surface area contributed by atoms with Gasteiger partial charge < -0.3 is 0 Å². The number of pyridine rings is 1. The van der Waals surface area contributed by atoms with Crippen LogP contribution in [0.5, 0.6) is 0 Å². The molecule has 6 nitrogen and oxygen atoms in total. The van der Waals surface area contributed by atoms with Gasteiger partial charge in [0, 0.05) is 17.6 Å². The minimum absolute atomic E-state index is 0.384. The minimum atomic E-state index is -0.397. The lowest BCUT2D eigenvalue weighted by molar-refractivity contribution is 0.0954. The molecule has 3 rings (SSSR count). The third-order valence-corrected chi connectivity index (χ3v) is 3.41. The van der Waals surface area contributed by atoms with Crippen LogP contribution >= 0.6 is 11.6 Å². The monoisotopic (exact) mass is 301 g/mol. The molecule has 0 saturated carbocycles. The molecule has 1 amide bonds. The summed E-state index contributed by atoms with van der Waals surface area (Å²) in [5, 5.41) is 8.91. The van der Waals surface area contributed by atoms with E-state index in [-0.39, 0.29) is 0 Å². The van der Waals surface area contributed by atoms with Crippen molar-refractivity contribution in [3.8, 4) is 0 Å². The molecule has 0 bridgehead atoms. The lowest BCUT2D eigenvalue weighted by Crippen LogP contribution is -2.30. The van der Waals surface area contributed by atoms with Gasteiger partial charge in [-0.15, -0.1) is 10.2 Å². The molecule has 0 aliphatic rings. The molecule has 0 fully saturated rings. The van der Waals surface area contributed by atoms with E-state index in [0.29, 0.717) is 22.7 Å². The summed E-state index contributed by atoms with van der Waals surface area (Å²) < 4.78 is 1.78. The zero-order valence-electron chi connectivity index (χ0n) is 11.0. The number of halogens is 1. The van der Waals surface area contributed by atoms with Crippen molar-refractivity contribution in [2.24, 2.45) is 5.84 Å². The van der Waals surface area contributed by atoms with Crippen LogP contribution in [0.25, 0.3) is 5.65 Å². The highest BCUT2D eigenvalue weighted by atomic mass is 35.5. The topological polar surface area (TPSA) is 85.3 Å². The summed E-state index contributed by atoms with van der Waals surface area (Å²) in [6.07, 6.45) is 2.40. The van der Waals surface area contributed by atoms with Crippen molar-refractivity contribution in [1.82, 2.24) is 20.0 Å². The maximum absolute atomic E-state index is 11.7. The number of fused-ring (bicyclic) bond motifs is 1. The molecular weight excluding hydrogens is 290 g/mol. The predicted octanol–water partition coefficient (Wildman–Crippen LogP) is 1.58. The number of hydrogen-bond acceptors (Lipinski definition) is 4. The van der Waals surface area contributed by atoms with Crippen LogP contribution in [0.15, 0.2) is 42.6 Å². The van der Waals surface area contributed by atoms with Crippen molar-refractivity contribution in [2.45, 2.75) is 6.42 Å². The zero-order chi connectivity index (χ0) is 14.8. The molecule has 0 radical (unpaired) electrons. The first kappa shape index (κ1) is 13.5. The maximum atomic E-state index is 11.7. The second kappa shape index (κ2) is 5.51. The average Bonchev–Trinajstić information content (AvgIpc) is 2.92. The van der Waals surface area contributed by atoms with E-state index >= 15 is 0 Å². The van der Waals surface area contributed by atoms with E-state index in [0.717, 1.165) is 11.4 Å². The van der Waals surface area contributed by atoms with E-state index < -0.39 is 5.91 Å². The fourth-order valence-electron chi connectivity index (χ4n) is 2.12. The molecular formula is C14H12ClN5O. The Morgan fingerprint density at radius 3 is 2.71 bits per heavy atom. The number of nitrogen functional groups attached to an aromatic ring is 1. The summed E-state index contributed by atoms with van der Waals surface area (Å²) in [7, 11) is 0. The number of aromatic nitrogens is 3. The van der Waals surface area contributed by atoms with Crippen molar-refractivity contribution in [2.75, 3.05) is 0 Å². The Morgan fingerprint density at radius 1 is 1.24 bits per heavy atom. The molecule has 0 saturated heterocycles. The van der Waals surface area contributed by atoms with E-state index in [1.54, 1.807) is 16.5 Å². The van der Waals surface area contributed by atoms with Gasteiger partial charge >= 0.3 is 0 Å². The fraction of sp³-hybridized carbons (Fsp3) is 0.0714. The Morgan fingerprint density at radius 2 is 2.00 bits per heavy atom. The van der Waals surface area contributed by atoms with Gasteiger partial charge in [-0.1, -0.05) is 23.7 Å². The first-order valence-electron chi connectivity index (χ1n) is 6.27. The molecule has 0 aliphatic heterocycles. The number of hydrazine groups is 1. The van der Waals surface area contributed by atoms with Crippen molar-refractivity contribution < 1.29 is 4.79 Å². The van der Waals surface area contributed by atoms with Crippen LogP contribution in [0.4, 0.5) is 0 Å². The normalized spacial score (nSPS) is 10.8. The van der Waals surface area contributed by atoms with Crippen LogP contribution in [0.2, 0.25) is 5.02 Å². The van der Waals surface area contributed by atoms with Crippen LogP contribution in [0, 0.1) is 0 Å². The molecule has 2 aromatic heterocycles. The van der Waals surface area contributed by atoms with Crippen LogP contribution < -0.4 is 11.3 Å². The second-order valence-electron chi connectivity index (χ2n) is 4.51. The quantitative estimate of drug-likeness (QED) is 0.437. The zero-order valence-corrected chi connectivity index (χ0v) is 11.7. The smallest absolute Gasteiger partial charge is 0.269 e. The Kier molecular flexibility index (Phi) is 3.55. The summed E-state index contributed by atoms with van der Waals surface area (Å²) in [6, 6.07) is 10.9. The summed E-state index contributed by atoms with van der Waals surface area (Å²) in [5.74, 6) is 5.51. The minimum Gasteiger partial charge on any atom is -0.290 e. The molecule has 0 atom stereocenters. The second-order valence-corrected chi connectivity index (χ2v) is 4.94. The number of rotatable bonds is 3. The molecule has 0 aliphatic carbocycles. The van der Waals surface area contributed by atoms with Crippen LogP contribution in [-0.4, -0.2) is 20.5 Å². The van der Waals surface area contributed by atoms with Gasteiger partial charge in [0.2, 0.25) is 0 Å². The highest BCUT2D eigenvalue weighted by molar-refractivity contribution is 6.30. The molecule has 0 unspecified atom stereocenters. The molecule has 3 aromatic rings. The van der Waals surface area contributed by atoms with Gasteiger partial charge in [-0.25, -0.2) is 5.84 Å². The number of hydrogen-bond donors (Lipinski definition) is 2. The van der Waals surface area contributed by atoms with Gasteiger partial charge in [0.25, 0.3) is 5.91 Å². The number of nitrogens with two attached hydrogens (primary N) is 1. The van der Waals surface area contributed by atoms with Gasteiger partial charge in [0.1, 0.15) is 5.82 Å². The largest absolute Gasteiger partial charge is 0.290 e. The summed E-state index contributed by atoms with van der Waals surface area (Å²) >= 11 is 5.87. The Bertz CT molecular complexity index is 797. The standard InChI is InChI=1S/C14H12ClN5O/c15-10-5-3-9(4-6-10)8-12-18-19-13-11(14(21)17-16)2-1-7-20(12)13/h1-7H,8,16H2,(H,17,21). The SMILES string of the molecule is NNC(=O)c1cccn2c(Cc3ccc(Cl)cc3)nnc12. The molecule has 1 aromatic carbocycles. The number of nitrogens with one attached hydrogen (secondary N) is 1. The highest BCUT2D eigenvalue weighted by Gasteiger charge is 2.14. The number of nitrogens with zero attached hydrogens (tertiary/aromatic N) is 3. The van der Waals surface area contributed by atoms with Crippen molar-refractivity contribution in [3.63, 3.8) is 0 Å². The number of amides is 1. The third-order valence-electron chi connectivity index (χ3n) is 3.16. The van der Waals surface area contributed by atoms with Gasteiger partial charge in [-0.3, -0.25) is 14.6 Å². The van der Waals surface area contributed by atoms with Gasteiger partial charge in [0.15, 0.2) is 5.65 Å². The summed E-state index contributed by atoms with van der Waals surface area (Å²) in [6.45, 7) is 0. The molecule has 0 spiro atoms. The predicted molar refractivity (Wildman–Crippen MR) is 78.9 cm³/mol. The molecule has 21 heavy (non-hydrogen) atoms. The molecule has 3 N–H and O–H groups in total. The van der Waals surface area contributed by atoms with E-state index in [4.69, 9.17) is 17.4 Å². The van der Waals surface area contributed by atoms with Gasteiger partial charge in [0.05, 0.1) is 5.56 Å². The summed E-state index contributed by atoms with van der Waals surface area (Å²) in [5.41, 5.74) is 4.02. The molecule has 7 heteroatoms. The lowest BCUT2D eigenvalue weighted by Gasteiger charge is -2.03. The van der Waals surface area contributed by atoms with Crippen molar-refractivity contribution >= 4 is 23.2 Å². The van der Waals surface area contributed by atoms with Crippen LogP contribution in [-0.2, 0) is 6.42 Å². The van der Waals surface area contributed by atoms with E-state index in [9.17, 15) is 4.79 Å². The lowest BCUT2D eigenvalue weighted by atomic mass is 10.1.